The number of piperidine rings is 1. The third-order valence-electron chi connectivity index (χ3n) is 3.98. The van der Waals surface area contributed by atoms with Crippen molar-refractivity contribution < 1.29 is 19.5 Å². The Labute approximate surface area is 105 Å². The molecule has 0 aromatic heterocycles. The van der Waals surface area contributed by atoms with E-state index in [1.807, 2.05) is 0 Å². The molecule has 3 unspecified atom stereocenters. The maximum Gasteiger partial charge on any atom is 0.307 e. The Bertz CT molecular complexity index is 405. The molecule has 0 aromatic rings. The zero-order valence-electron chi connectivity index (χ0n) is 10.5. The molecule has 2 aliphatic rings. The van der Waals surface area contributed by atoms with Crippen LogP contribution in [0.4, 0.5) is 0 Å². The SMILES string of the molecule is CC1(C)C(C(=O)O)C1C(=O)NC1CCCNC1=O. The molecule has 2 fully saturated rings. The Morgan fingerprint density at radius 3 is 2.56 bits per heavy atom. The smallest absolute Gasteiger partial charge is 0.307 e. The van der Waals surface area contributed by atoms with E-state index in [1.54, 1.807) is 13.8 Å². The molecule has 1 aliphatic heterocycles. The van der Waals surface area contributed by atoms with Crippen molar-refractivity contribution in [2.24, 2.45) is 17.3 Å². The Kier molecular flexibility index (Phi) is 3.04. The summed E-state index contributed by atoms with van der Waals surface area (Å²) < 4.78 is 0. The van der Waals surface area contributed by atoms with Gasteiger partial charge in [-0.1, -0.05) is 13.8 Å². The standard InChI is InChI=1S/C12H18N2O4/c1-12(2)7(8(12)11(17)18)10(16)14-6-4-3-5-13-9(6)15/h6-8H,3-5H2,1-2H3,(H,13,15)(H,14,16)(H,17,18). The predicted molar refractivity (Wildman–Crippen MR) is 62.6 cm³/mol. The minimum Gasteiger partial charge on any atom is -0.481 e. The maximum atomic E-state index is 12.0. The van der Waals surface area contributed by atoms with Gasteiger partial charge in [-0.05, 0) is 18.3 Å². The van der Waals surface area contributed by atoms with Gasteiger partial charge in [0.25, 0.3) is 0 Å². The fourth-order valence-corrected chi connectivity index (χ4v) is 2.76. The van der Waals surface area contributed by atoms with Gasteiger partial charge in [-0.15, -0.1) is 0 Å². The molecule has 18 heavy (non-hydrogen) atoms. The average Bonchev–Trinajstić information content (AvgIpc) is 2.85. The quantitative estimate of drug-likeness (QED) is 0.646. The lowest BCUT2D eigenvalue weighted by Gasteiger charge is -2.23. The molecular formula is C12H18N2O4. The van der Waals surface area contributed by atoms with E-state index >= 15 is 0 Å². The second-order valence-electron chi connectivity index (χ2n) is 5.61. The third kappa shape index (κ3) is 2.07. The topological polar surface area (TPSA) is 95.5 Å². The summed E-state index contributed by atoms with van der Waals surface area (Å²) in [6, 6.07) is -0.517. The largest absolute Gasteiger partial charge is 0.481 e. The monoisotopic (exact) mass is 254 g/mol. The van der Waals surface area contributed by atoms with E-state index in [0.717, 1.165) is 6.42 Å². The van der Waals surface area contributed by atoms with Gasteiger partial charge in [0, 0.05) is 6.54 Å². The second-order valence-corrected chi connectivity index (χ2v) is 5.61. The zero-order valence-corrected chi connectivity index (χ0v) is 10.5. The molecule has 1 saturated carbocycles. The van der Waals surface area contributed by atoms with Crippen LogP contribution in [-0.4, -0.2) is 35.5 Å². The number of carboxylic acid groups (broad SMARTS) is 1. The van der Waals surface area contributed by atoms with Crippen molar-refractivity contribution in [1.82, 2.24) is 10.6 Å². The van der Waals surface area contributed by atoms with E-state index in [0.29, 0.717) is 13.0 Å². The van der Waals surface area contributed by atoms with E-state index in [4.69, 9.17) is 5.11 Å². The van der Waals surface area contributed by atoms with Gasteiger partial charge < -0.3 is 15.7 Å². The van der Waals surface area contributed by atoms with Crippen molar-refractivity contribution in [3.63, 3.8) is 0 Å². The fourth-order valence-electron chi connectivity index (χ4n) is 2.76. The zero-order chi connectivity index (χ0) is 13.5. The number of carbonyl (C=O) groups excluding carboxylic acids is 2. The molecule has 3 atom stereocenters. The molecular weight excluding hydrogens is 236 g/mol. The van der Waals surface area contributed by atoms with Crippen LogP contribution in [0.1, 0.15) is 26.7 Å². The first-order chi connectivity index (χ1) is 8.35. The second kappa shape index (κ2) is 4.26. The lowest BCUT2D eigenvalue weighted by molar-refractivity contribution is -0.140. The third-order valence-corrected chi connectivity index (χ3v) is 3.98. The van der Waals surface area contributed by atoms with Crippen LogP contribution in [0.15, 0.2) is 0 Å². The average molecular weight is 254 g/mol. The molecule has 0 bridgehead atoms. The first-order valence-corrected chi connectivity index (χ1v) is 6.16. The van der Waals surface area contributed by atoms with Crippen LogP contribution >= 0.6 is 0 Å². The normalized spacial score (nSPS) is 33.4. The van der Waals surface area contributed by atoms with Crippen LogP contribution in [0.2, 0.25) is 0 Å². The Balaban J connectivity index is 1.97. The molecule has 1 heterocycles. The van der Waals surface area contributed by atoms with E-state index in [1.165, 1.54) is 0 Å². The summed E-state index contributed by atoms with van der Waals surface area (Å²) in [6.07, 6.45) is 1.44. The number of hydrogen-bond acceptors (Lipinski definition) is 3. The first kappa shape index (κ1) is 12.9. The van der Waals surface area contributed by atoms with Gasteiger partial charge in [0.15, 0.2) is 0 Å². The summed E-state index contributed by atoms with van der Waals surface area (Å²) in [7, 11) is 0. The summed E-state index contributed by atoms with van der Waals surface area (Å²) in [4.78, 5) is 34.5. The molecule has 2 amide bonds. The number of carboxylic acids is 1. The number of aliphatic carboxylic acids is 1. The number of rotatable bonds is 3. The molecule has 0 aromatic carbocycles. The van der Waals surface area contributed by atoms with Gasteiger partial charge in [0.2, 0.25) is 11.8 Å². The van der Waals surface area contributed by atoms with Gasteiger partial charge in [-0.2, -0.15) is 0 Å². The Morgan fingerprint density at radius 2 is 2.06 bits per heavy atom. The molecule has 6 nitrogen and oxygen atoms in total. The van der Waals surface area contributed by atoms with E-state index < -0.39 is 29.3 Å². The van der Waals surface area contributed by atoms with Gasteiger partial charge in [0.05, 0.1) is 11.8 Å². The van der Waals surface area contributed by atoms with Crippen LogP contribution in [0, 0.1) is 17.3 Å². The molecule has 0 spiro atoms. The van der Waals surface area contributed by atoms with Crippen LogP contribution in [0.25, 0.3) is 0 Å². The van der Waals surface area contributed by atoms with Crippen LogP contribution in [0.5, 0.6) is 0 Å². The van der Waals surface area contributed by atoms with Crippen molar-refractivity contribution in [2.75, 3.05) is 6.54 Å². The summed E-state index contributed by atoms with van der Waals surface area (Å²) in [5.41, 5.74) is -0.527. The highest BCUT2D eigenvalue weighted by Gasteiger charge is 2.66. The molecule has 100 valence electrons. The van der Waals surface area contributed by atoms with Gasteiger partial charge in [-0.25, -0.2) is 0 Å². The summed E-state index contributed by atoms with van der Waals surface area (Å²) in [5, 5.41) is 14.3. The minimum atomic E-state index is -0.951. The summed E-state index contributed by atoms with van der Waals surface area (Å²) >= 11 is 0. The van der Waals surface area contributed by atoms with Crippen LogP contribution < -0.4 is 10.6 Å². The molecule has 0 radical (unpaired) electrons. The van der Waals surface area contributed by atoms with Crippen molar-refractivity contribution in [2.45, 2.75) is 32.7 Å². The minimum absolute atomic E-state index is 0.181. The van der Waals surface area contributed by atoms with E-state index in [2.05, 4.69) is 10.6 Å². The lowest BCUT2D eigenvalue weighted by atomic mass is 10.1. The Hall–Kier alpha value is -1.59. The summed E-state index contributed by atoms with van der Waals surface area (Å²) in [5.74, 6) is -2.64. The molecule has 2 rings (SSSR count). The number of carbonyl (C=O) groups is 3. The van der Waals surface area contributed by atoms with Gasteiger partial charge in [-0.3, -0.25) is 14.4 Å². The fraction of sp³-hybridized carbons (Fsp3) is 0.750. The van der Waals surface area contributed by atoms with Crippen LogP contribution in [-0.2, 0) is 14.4 Å². The van der Waals surface area contributed by atoms with Gasteiger partial charge >= 0.3 is 5.97 Å². The van der Waals surface area contributed by atoms with E-state index in [-0.39, 0.29) is 11.8 Å². The Morgan fingerprint density at radius 1 is 1.39 bits per heavy atom. The molecule has 3 N–H and O–H groups in total. The van der Waals surface area contributed by atoms with Crippen molar-refractivity contribution >= 4 is 17.8 Å². The lowest BCUT2D eigenvalue weighted by Crippen LogP contribution is -2.50. The molecule has 1 aliphatic carbocycles. The van der Waals surface area contributed by atoms with Crippen molar-refractivity contribution in [3.05, 3.63) is 0 Å². The number of nitrogens with one attached hydrogen (secondary N) is 2. The predicted octanol–water partition coefficient (Wildman–Crippen LogP) is -0.262. The molecule has 6 heteroatoms. The highest BCUT2D eigenvalue weighted by molar-refractivity contribution is 5.94. The maximum absolute atomic E-state index is 12.0. The number of amides is 2. The van der Waals surface area contributed by atoms with Crippen LogP contribution in [0.3, 0.4) is 0 Å². The molecule has 1 saturated heterocycles. The highest BCUT2D eigenvalue weighted by Crippen LogP contribution is 2.58. The van der Waals surface area contributed by atoms with Crippen molar-refractivity contribution in [1.29, 1.82) is 0 Å². The van der Waals surface area contributed by atoms with Gasteiger partial charge in [0.1, 0.15) is 6.04 Å². The number of hydrogen-bond donors (Lipinski definition) is 3. The first-order valence-electron chi connectivity index (χ1n) is 6.16. The van der Waals surface area contributed by atoms with E-state index in [9.17, 15) is 14.4 Å². The highest BCUT2D eigenvalue weighted by atomic mass is 16.4. The van der Waals surface area contributed by atoms with Crippen molar-refractivity contribution in [3.8, 4) is 0 Å². The summed E-state index contributed by atoms with van der Waals surface area (Å²) in [6.45, 7) is 4.16.